The first-order valence-corrected chi connectivity index (χ1v) is 8.38. The molecule has 0 heterocycles. The monoisotopic (exact) mass is 358 g/mol. The highest BCUT2D eigenvalue weighted by Gasteiger charge is 2.30. The Kier molecular flexibility index (Phi) is 9.73. The number of carbonyl (C=O) groups is 4. The molecule has 0 aliphatic heterocycles. The molecule has 3 amide bonds. The first-order chi connectivity index (χ1) is 11.5. The Bertz CT molecular complexity index is 495. The van der Waals surface area contributed by atoms with E-state index in [2.05, 4.69) is 10.6 Å². The predicted molar refractivity (Wildman–Crippen MR) is 92.2 cm³/mol. The van der Waals surface area contributed by atoms with Crippen molar-refractivity contribution in [1.82, 2.24) is 10.6 Å². The first-order valence-electron chi connectivity index (χ1n) is 8.38. The van der Waals surface area contributed by atoms with E-state index in [0.29, 0.717) is 6.42 Å². The minimum atomic E-state index is -1.28. The summed E-state index contributed by atoms with van der Waals surface area (Å²) >= 11 is 0. The lowest BCUT2D eigenvalue weighted by atomic mass is 9.97. The van der Waals surface area contributed by atoms with Crippen LogP contribution in [0.1, 0.15) is 47.0 Å². The summed E-state index contributed by atoms with van der Waals surface area (Å²) in [4.78, 5) is 46.6. The lowest BCUT2D eigenvalue weighted by molar-refractivity contribution is -0.142. The molecule has 0 aliphatic rings. The molecule has 25 heavy (non-hydrogen) atoms. The number of primary amides is 1. The molecule has 0 saturated heterocycles. The van der Waals surface area contributed by atoms with Crippen LogP contribution in [-0.4, -0.2) is 46.9 Å². The zero-order valence-electron chi connectivity index (χ0n) is 15.2. The van der Waals surface area contributed by atoms with Crippen molar-refractivity contribution in [3.63, 3.8) is 0 Å². The van der Waals surface area contributed by atoms with Gasteiger partial charge in [0.25, 0.3) is 0 Å². The maximum absolute atomic E-state index is 12.4. The van der Waals surface area contributed by atoms with Crippen molar-refractivity contribution in [1.29, 1.82) is 0 Å². The molecule has 0 aromatic carbocycles. The maximum Gasteiger partial charge on any atom is 0.326 e. The number of nitrogens with one attached hydrogen (secondary N) is 2. The van der Waals surface area contributed by atoms with Gasteiger partial charge in [-0.25, -0.2) is 4.79 Å². The van der Waals surface area contributed by atoms with Crippen LogP contribution in [0.4, 0.5) is 0 Å². The normalized spacial score (nSPS) is 15.8. The third-order valence-corrected chi connectivity index (χ3v) is 4.10. The Balaban J connectivity index is 5.00. The number of rotatable bonds is 11. The molecule has 144 valence electrons. The number of hydrogen-bond donors (Lipinski definition) is 5. The van der Waals surface area contributed by atoms with Gasteiger partial charge in [-0.2, -0.15) is 0 Å². The molecular formula is C16H30N4O5. The van der Waals surface area contributed by atoms with Crippen LogP contribution in [0.3, 0.4) is 0 Å². The highest BCUT2D eigenvalue weighted by atomic mass is 16.4. The van der Waals surface area contributed by atoms with Crippen molar-refractivity contribution >= 4 is 23.7 Å². The maximum atomic E-state index is 12.4. The van der Waals surface area contributed by atoms with E-state index in [-0.39, 0.29) is 24.7 Å². The van der Waals surface area contributed by atoms with Gasteiger partial charge in [0.1, 0.15) is 12.1 Å². The third-order valence-electron chi connectivity index (χ3n) is 4.10. The molecule has 0 fully saturated rings. The summed E-state index contributed by atoms with van der Waals surface area (Å²) in [6.07, 6.45) is 0.414. The van der Waals surface area contributed by atoms with Gasteiger partial charge in [-0.1, -0.05) is 34.1 Å². The molecule has 0 aromatic rings. The van der Waals surface area contributed by atoms with Crippen LogP contribution >= 0.6 is 0 Å². The van der Waals surface area contributed by atoms with Crippen LogP contribution in [0.5, 0.6) is 0 Å². The van der Waals surface area contributed by atoms with Gasteiger partial charge in [-0.3, -0.25) is 14.4 Å². The van der Waals surface area contributed by atoms with Crippen molar-refractivity contribution in [2.45, 2.75) is 65.1 Å². The Morgan fingerprint density at radius 2 is 1.60 bits per heavy atom. The Morgan fingerprint density at radius 3 is 2.00 bits per heavy atom. The minimum Gasteiger partial charge on any atom is -0.480 e. The van der Waals surface area contributed by atoms with E-state index in [9.17, 15) is 19.2 Å². The lowest BCUT2D eigenvalue weighted by Crippen LogP contribution is -2.57. The van der Waals surface area contributed by atoms with Gasteiger partial charge in [0, 0.05) is 6.42 Å². The summed E-state index contributed by atoms with van der Waals surface area (Å²) in [7, 11) is 0. The molecular weight excluding hydrogens is 328 g/mol. The SMILES string of the molecule is CCC(C)C(N)C(=O)NC(C(=O)NC(CCC(N)=O)C(=O)O)C(C)C. The smallest absolute Gasteiger partial charge is 0.326 e. The van der Waals surface area contributed by atoms with E-state index < -0.39 is 41.8 Å². The average Bonchev–Trinajstić information content (AvgIpc) is 2.53. The van der Waals surface area contributed by atoms with Crippen LogP contribution in [0.2, 0.25) is 0 Å². The molecule has 4 unspecified atom stereocenters. The van der Waals surface area contributed by atoms with E-state index in [1.54, 1.807) is 13.8 Å². The van der Waals surface area contributed by atoms with Gasteiger partial charge in [0.15, 0.2) is 0 Å². The fraction of sp³-hybridized carbons (Fsp3) is 0.750. The van der Waals surface area contributed by atoms with Gasteiger partial charge < -0.3 is 27.2 Å². The highest BCUT2D eigenvalue weighted by Crippen LogP contribution is 2.09. The van der Waals surface area contributed by atoms with Crippen molar-refractivity contribution in [2.24, 2.45) is 23.3 Å². The molecule has 0 spiro atoms. The summed E-state index contributed by atoms with van der Waals surface area (Å²) in [5, 5.41) is 14.1. The minimum absolute atomic E-state index is 0.0572. The number of carboxylic acids is 1. The van der Waals surface area contributed by atoms with Crippen LogP contribution < -0.4 is 22.1 Å². The van der Waals surface area contributed by atoms with E-state index in [0.717, 1.165) is 0 Å². The Hall–Kier alpha value is -2.16. The average molecular weight is 358 g/mol. The predicted octanol–water partition coefficient (Wildman–Crippen LogP) is -0.664. The van der Waals surface area contributed by atoms with Crippen molar-refractivity contribution < 1.29 is 24.3 Å². The van der Waals surface area contributed by atoms with Crippen molar-refractivity contribution in [3.8, 4) is 0 Å². The lowest BCUT2D eigenvalue weighted by Gasteiger charge is -2.26. The first kappa shape index (κ1) is 22.8. The van der Waals surface area contributed by atoms with Crippen molar-refractivity contribution in [2.75, 3.05) is 0 Å². The van der Waals surface area contributed by atoms with E-state index >= 15 is 0 Å². The number of amides is 3. The van der Waals surface area contributed by atoms with Crippen molar-refractivity contribution in [3.05, 3.63) is 0 Å². The molecule has 9 heteroatoms. The molecule has 0 aromatic heterocycles. The molecule has 0 radical (unpaired) electrons. The second-order valence-corrected chi connectivity index (χ2v) is 6.55. The van der Waals surface area contributed by atoms with Crippen LogP contribution in [0.25, 0.3) is 0 Å². The Morgan fingerprint density at radius 1 is 1.04 bits per heavy atom. The quantitative estimate of drug-likeness (QED) is 0.329. The number of carbonyl (C=O) groups excluding carboxylic acids is 3. The molecule has 0 aliphatic carbocycles. The molecule has 0 bridgehead atoms. The molecule has 7 N–H and O–H groups in total. The molecule has 0 rings (SSSR count). The molecule has 0 saturated carbocycles. The van der Waals surface area contributed by atoms with Crippen LogP contribution in [0, 0.1) is 11.8 Å². The second-order valence-electron chi connectivity index (χ2n) is 6.55. The zero-order chi connectivity index (χ0) is 19.7. The number of hydrogen-bond acceptors (Lipinski definition) is 5. The van der Waals surface area contributed by atoms with Crippen LogP contribution in [0.15, 0.2) is 0 Å². The summed E-state index contributed by atoms with van der Waals surface area (Å²) in [6, 6.07) is -2.95. The zero-order valence-corrected chi connectivity index (χ0v) is 15.2. The summed E-state index contributed by atoms with van der Waals surface area (Å²) in [6.45, 7) is 7.18. The summed E-state index contributed by atoms with van der Waals surface area (Å²) < 4.78 is 0. The third kappa shape index (κ3) is 7.97. The highest BCUT2D eigenvalue weighted by molar-refractivity contribution is 5.92. The second kappa shape index (κ2) is 10.7. The largest absolute Gasteiger partial charge is 0.480 e. The van der Waals surface area contributed by atoms with Gasteiger partial charge in [0.05, 0.1) is 6.04 Å². The topological polar surface area (TPSA) is 165 Å². The number of aliphatic carboxylic acids is 1. The fourth-order valence-corrected chi connectivity index (χ4v) is 2.10. The summed E-state index contributed by atoms with van der Waals surface area (Å²) in [5.74, 6) is -3.38. The van der Waals surface area contributed by atoms with Crippen LogP contribution in [-0.2, 0) is 19.2 Å². The molecule has 9 nitrogen and oxygen atoms in total. The number of nitrogens with two attached hydrogens (primary N) is 2. The fourth-order valence-electron chi connectivity index (χ4n) is 2.10. The van der Waals surface area contributed by atoms with Gasteiger partial charge in [0.2, 0.25) is 17.7 Å². The van der Waals surface area contributed by atoms with Gasteiger partial charge >= 0.3 is 5.97 Å². The summed E-state index contributed by atoms with van der Waals surface area (Å²) in [5.41, 5.74) is 10.9. The standard InChI is InChI=1S/C16H30N4O5/c1-5-9(4)12(18)14(22)20-13(8(2)3)15(23)19-10(16(24)25)6-7-11(17)21/h8-10,12-13H,5-7,18H2,1-4H3,(H2,17,21)(H,19,23)(H,20,22)(H,24,25). The Labute approximate surface area is 147 Å². The van der Waals surface area contributed by atoms with Gasteiger partial charge in [-0.05, 0) is 18.3 Å². The number of carboxylic acid groups (broad SMARTS) is 1. The van der Waals surface area contributed by atoms with E-state index in [1.807, 2.05) is 13.8 Å². The van der Waals surface area contributed by atoms with E-state index in [1.165, 1.54) is 0 Å². The molecule has 4 atom stereocenters. The van der Waals surface area contributed by atoms with E-state index in [4.69, 9.17) is 16.6 Å². The van der Waals surface area contributed by atoms with Gasteiger partial charge in [-0.15, -0.1) is 0 Å².